The van der Waals surface area contributed by atoms with Gasteiger partial charge in [-0.05, 0) is 37.7 Å². The number of rotatable bonds is 2. The first kappa shape index (κ1) is 8.76. The van der Waals surface area contributed by atoms with Crippen LogP contribution in [0.1, 0.15) is 30.4 Å². The van der Waals surface area contributed by atoms with Crippen molar-refractivity contribution < 1.29 is 0 Å². The zero-order valence-electron chi connectivity index (χ0n) is 8.33. The SMILES string of the molecule is Cc1cccc([C@@H]2C[C@@H]2[C@H](C)N)c1. The van der Waals surface area contributed by atoms with Gasteiger partial charge in [0.1, 0.15) is 0 Å². The Kier molecular flexibility index (Phi) is 2.12. The Balaban J connectivity index is 2.12. The second kappa shape index (κ2) is 3.15. The molecule has 0 amide bonds. The molecule has 1 aromatic carbocycles. The van der Waals surface area contributed by atoms with Gasteiger partial charge >= 0.3 is 0 Å². The van der Waals surface area contributed by atoms with Gasteiger partial charge in [0.2, 0.25) is 0 Å². The molecule has 1 heteroatoms. The summed E-state index contributed by atoms with van der Waals surface area (Å²) in [5.74, 6) is 1.46. The highest BCUT2D eigenvalue weighted by atomic mass is 14.7. The van der Waals surface area contributed by atoms with E-state index in [4.69, 9.17) is 5.73 Å². The van der Waals surface area contributed by atoms with Crippen molar-refractivity contribution in [3.63, 3.8) is 0 Å². The predicted octanol–water partition coefficient (Wildman–Crippen LogP) is 2.45. The van der Waals surface area contributed by atoms with Crippen molar-refractivity contribution in [2.24, 2.45) is 11.7 Å². The molecule has 0 heterocycles. The third-order valence-electron chi connectivity index (χ3n) is 2.99. The molecule has 0 unspecified atom stereocenters. The number of hydrogen-bond donors (Lipinski definition) is 1. The van der Waals surface area contributed by atoms with E-state index in [1.165, 1.54) is 17.5 Å². The van der Waals surface area contributed by atoms with Gasteiger partial charge in [-0.2, -0.15) is 0 Å². The van der Waals surface area contributed by atoms with Crippen molar-refractivity contribution in [1.82, 2.24) is 0 Å². The second-order valence-corrected chi connectivity index (χ2v) is 4.28. The van der Waals surface area contributed by atoms with Crippen LogP contribution in [0.25, 0.3) is 0 Å². The van der Waals surface area contributed by atoms with Crippen molar-refractivity contribution in [3.05, 3.63) is 35.4 Å². The number of hydrogen-bond acceptors (Lipinski definition) is 1. The van der Waals surface area contributed by atoms with Crippen LogP contribution in [-0.4, -0.2) is 6.04 Å². The standard InChI is InChI=1S/C12H17N/c1-8-4-3-5-10(6-8)12-7-11(12)9(2)13/h3-6,9,11-12H,7,13H2,1-2H3/t9-,11+,12-/m0/s1. The van der Waals surface area contributed by atoms with Crippen molar-refractivity contribution >= 4 is 0 Å². The highest BCUT2D eigenvalue weighted by molar-refractivity contribution is 5.30. The van der Waals surface area contributed by atoms with E-state index in [0.29, 0.717) is 6.04 Å². The summed E-state index contributed by atoms with van der Waals surface area (Å²) in [5.41, 5.74) is 8.69. The van der Waals surface area contributed by atoms with Crippen LogP contribution in [0, 0.1) is 12.8 Å². The molecule has 1 saturated carbocycles. The van der Waals surface area contributed by atoms with Gasteiger partial charge in [0.05, 0.1) is 0 Å². The van der Waals surface area contributed by atoms with Gasteiger partial charge < -0.3 is 5.73 Å². The minimum Gasteiger partial charge on any atom is -0.328 e. The highest BCUT2D eigenvalue weighted by Crippen LogP contribution is 2.48. The molecule has 0 saturated heterocycles. The monoisotopic (exact) mass is 175 g/mol. The molecule has 0 aliphatic heterocycles. The Labute approximate surface area is 80.0 Å². The Morgan fingerprint density at radius 3 is 2.77 bits per heavy atom. The summed E-state index contributed by atoms with van der Waals surface area (Å²) in [7, 11) is 0. The molecule has 3 atom stereocenters. The first-order valence-corrected chi connectivity index (χ1v) is 5.00. The molecule has 1 fully saturated rings. The van der Waals surface area contributed by atoms with Gasteiger partial charge in [-0.15, -0.1) is 0 Å². The Hall–Kier alpha value is -0.820. The molecular formula is C12H17N. The van der Waals surface area contributed by atoms with Crippen LogP contribution in [0.15, 0.2) is 24.3 Å². The highest BCUT2D eigenvalue weighted by Gasteiger charge is 2.40. The lowest BCUT2D eigenvalue weighted by Gasteiger charge is -2.04. The van der Waals surface area contributed by atoms with Crippen LogP contribution in [0.5, 0.6) is 0 Å². The summed E-state index contributed by atoms with van der Waals surface area (Å²) in [6.45, 7) is 4.26. The fourth-order valence-electron chi connectivity index (χ4n) is 2.08. The van der Waals surface area contributed by atoms with Crippen molar-refractivity contribution in [2.75, 3.05) is 0 Å². The Bertz CT molecular complexity index is 304. The van der Waals surface area contributed by atoms with Crippen LogP contribution >= 0.6 is 0 Å². The summed E-state index contributed by atoms with van der Waals surface area (Å²) in [6.07, 6.45) is 1.28. The molecular weight excluding hydrogens is 158 g/mol. The zero-order valence-corrected chi connectivity index (χ0v) is 8.33. The summed E-state index contributed by atoms with van der Waals surface area (Å²) in [4.78, 5) is 0. The van der Waals surface area contributed by atoms with Crippen molar-refractivity contribution in [3.8, 4) is 0 Å². The molecule has 13 heavy (non-hydrogen) atoms. The van der Waals surface area contributed by atoms with E-state index >= 15 is 0 Å². The molecule has 0 bridgehead atoms. The maximum Gasteiger partial charge on any atom is 0.00448 e. The smallest absolute Gasteiger partial charge is 0.00448 e. The molecule has 0 spiro atoms. The van der Waals surface area contributed by atoms with E-state index in [1.807, 2.05) is 0 Å². The molecule has 2 rings (SSSR count). The predicted molar refractivity (Wildman–Crippen MR) is 55.7 cm³/mol. The zero-order chi connectivity index (χ0) is 9.42. The summed E-state index contributed by atoms with van der Waals surface area (Å²) in [6, 6.07) is 9.15. The van der Waals surface area contributed by atoms with E-state index in [0.717, 1.165) is 11.8 Å². The minimum absolute atomic E-state index is 0.352. The van der Waals surface area contributed by atoms with Gasteiger partial charge in [0, 0.05) is 6.04 Å². The number of aryl methyl sites for hydroxylation is 1. The van der Waals surface area contributed by atoms with E-state index < -0.39 is 0 Å². The third kappa shape index (κ3) is 1.75. The molecule has 2 N–H and O–H groups in total. The van der Waals surface area contributed by atoms with E-state index in [-0.39, 0.29) is 0 Å². The van der Waals surface area contributed by atoms with Gasteiger partial charge in [0.25, 0.3) is 0 Å². The second-order valence-electron chi connectivity index (χ2n) is 4.28. The normalized spacial score (nSPS) is 28.5. The van der Waals surface area contributed by atoms with E-state index in [2.05, 4.69) is 38.1 Å². The topological polar surface area (TPSA) is 26.0 Å². The van der Waals surface area contributed by atoms with Crippen LogP contribution in [0.4, 0.5) is 0 Å². The lowest BCUT2D eigenvalue weighted by molar-refractivity contribution is 0.631. The molecule has 1 nitrogen and oxygen atoms in total. The average Bonchev–Trinajstić information content (AvgIpc) is 2.82. The van der Waals surface area contributed by atoms with Gasteiger partial charge in [-0.3, -0.25) is 0 Å². The van der Waals surface area contributed by atoms with E-state index in [1.54, 1.807) is 0 Å². The fourth-order valence-corrected chi connectivity index (χ4v) is 2.08. The number of benzene rings is 1. The van der Waals surface area contributed by atoms with Crippen molar-refractivity contribution in [1.29, 1.82) is 0 Å². The maximum absolute atomic E-state index is 5.86. The molecule has 0 radical (unpaired) electrons. The Morgan fingerprint density at radius 2 is 2.23 bits per heavy atom. The average molecular weight is 175 g/mol. The van der Waals surface area contributed by atoms with Gasteiger partial charge in [0.15, 0.2) is 0 Å². The van der Waals surface area contributed by atoms with Crippen LogP contribution in [0.3, 0.4) is 0 Å². The van der Waals surface area contributed by atoms with Crippen molar-refractivity contribution in [2.45, 2.75) is 32.2 Å². The first-order chi connectivity index (χ1) is 6.18. The summed E-state index contributed by atoms with van der Waals surface area (Å²) >= 11 is 0. The lowest BCUT2D eigenvalue weighted by atomic mass is 10.0. The van der Waals surface area contributed by atoms with Crippen LogP contribution in [0.2, 0.25) is 0 Å². The Morgan fingerprint density at radius 1 is 1.46 bits per heavy atom. The fraction of sp³-hybridized carbons (Fsp3) is 0.500. The molecule has 1 aliphatic carbocycles. The molecule has 1 aromatic rings. The third-order valence-corrected chi connectivity index (χ3v) is 2.99. The minimum atomic E-state index is 0.352. The lowest BCUT2D eigenvalue weighted by Crippen LogP contribution is -2.17. The molecule has 1 aliphatic rings. The first-order valence-electron chi connectivity index (χ1n) is 5.00. The van der Waals surface area contributed by atoms with Crippen LogP contribution < -0.4 is 5.73 Å². The van der Waals surface area contributed by atoms with Gasteiger partial charge in [-0.1, -0.05) is 29.8 Å². The number of nitrogens with two attached hydrogens (primary N) is 1. The van der Waals surface area contributed by atoms with E-state index in [9.17, 15) is 0 Å². The largest absolute Gasteiger partial charge is 0.328 e. The molecule has 70 valence electrons. The van der Waals surface area contributed by atoms with Gasteiger partial charge in [-0.25, -0.2) is 0 Å². The quantitative estimate of drug-likeness (QED) is 0.734. The van der Waals surface area contributed by atoms with Crippen LogP contribution in [-0.2, 0) is 0 Å². The maximum atomic E-state index is 5.86. The summed E-state index contributed by atoms with van der Waals surface area (Å²) < 4.78 is 0. The molecule has 0 aromatic heterocycles. The summed E-state index contributed by atoms with van der Waals surface area (Å²) in [5, 5.41) is 0.